The van der Waals surface area contributed by atoms with E-state index in [0.717, 1.165) is 19.6 Å². The van der Waals surface area contributed by atoms with Gasteiger partial charge in [0, 0.05) is 38.1 Å². The van der Waals surface area contributed by atoms with Gasteiger partial charge in [-0.3, -0.25) is 9.69 Å². The van der Waals surface area contributed by atoms with Gasteiger partial charge in [0.15, 0.2) is 0 Å². The predicted octanol–water partition coefficient (Wildman–Crippen LogP) is -0.454. The van der Waals surface area contributed by atoms with Crippen LogP contribution in [0.2, 0.25) is 0 Å². The molecule has 0 bridgehead atoms. The number of carbonyl (C=O) groups is 1. The molecule has 1 saturated heterocycles. The fourth-order valence-electron chi connectivity index (χ4n) is 1.50. The fraction of sp³-hybridized carbons (Fsp3) is 0.889. The standard InChI is InChI=1S/C9H19N3O/c1-9(2,7-10)12-5-3-8(13)11-4-6-12/h3-7,10H2,1-2H3,(H,11,13). The van der Waals surface area contributed by atoms with Gasteiger partial charge in [-0.1, -0.05) is 0 Å². The number of hydrogen-bond donors (Lipinski definition) is 2. The Hall–Kier alpha value is -0.610. The average Bonchev–Trinajstić information content (AvgIpc) is 2.30. The Morgan fingerprint density at radius 2 is 2.23 bits per heavy atom. The zero-order valence-corrected chi connectivity index (χ0v) is 8.47. The van der Waals surface area contributed by atoms with Crippen LogP contribution in [-0.2, 0) is 4.79 Å². The van der Waals surface area contributed by atoms with Gasteiger partial charge >= 0.3 is 0 Å². The third-order valence-corrected chi connectivity index (χ3v) is 2.67. The first-order valence-corrected chi connectivity index (χ1v) is 4.78. The molecule has 1 rings (SSSR count). The van der Waals surface area contributed by atoms with Crippen LogP contribution in [0.5, 0.6) is 0 Å². The minimum Gasteiger partial charge on any atom is -0.355 e. The maximum absolute atomic E-state index is 11.1. The predicted molar refractivity (Wildman–Crippen MR) is 52.3 cm³/mol. The summed E-state index contributed by atoms with van der Waals surface area (Å²) in [6.07, 6.45) is 0.587. The monoisotopic (exact) mass is 185 g/mol. The van der Waals surface area contributed by atoms with Crippen molar-refractivity contribution in [2.24, 2.45) is 5.73 Å². The summed E-state index contributed by atoms with van der Waals surface area (Å²) in [5.41, 5.74) is 5.68. The van der Waals surface area contributed by atoms with Gasteiger partial charge < -0.3 is 11.1 Å². The van der Waals surface area contributed by atoms with Gasteiger partial charge in [0.05, 0.1) is 0 Å². The van der Waals surface area contributed by atoms with Crippen LogP contribution >= 0.6 is 0 Å². The largest absolute Gasteiger partial charge is 0.355 e. The molecule has 0 radical (unpaired) electrons. The molecule has 0 aromatic carbocycles. The summed E-state index contributed by atoms with van der Waals surface area (Å²) in [7, 11) is 0. The molecule has 0 saturated carbocycles. The lowest BCUT2D eigenvalue weighted by Crippen LogP contribution is -2.50. The van der Waals surface area contributed by atoms with Gasteiger partial charge in [-0.25, -0.2) is 0 Å². The topological polar surface area (TPSA) is 58.4 Å². The average molecular weight is 185 g/mol. The quantitative estimate of drug-likeness (QED) is 0.612. The van der Waals surface area contributed by atoms with Crippen LogP contribution in [0.15, 0.2) is 0 Å². The maximum atomic E-state index is 11.1. The molecule has 0 aliphatic carbocycles. The SMILES string of the molecule is CC(C)(CN)N1CCNC(=O)CC1. The molecule has 0 atom stereocenters. The Labute approximate surface area is 79.5 Å². The van der Waals surface area contributed by atoms with Gasteiger partial charge in [-0.15, -0.1) is 0 Å². The van der Waals surface area contributed by atoms with Crippen molar-refractivity contribution in [2.75, 3.05) is 26.2 Å². The second-order valence-corrected chi connectivity index (χ2v) is 4.10. The van der Waals surface area contributed by atoms with Crippen LogP contribution in [0, 0.1) is 0 Å². The lowest BCUT2D eigenvalue weighted by molar-refractivity contribution is -0.120. The molecule has 1 fully saturated rings. The third-order valence-electron chi connectivity index (χ3n) is 2.67. The minimum atomic E-state index is 0.00625. The highest BCUT2D eigenvalue weighted by Gasteiger charge is 2.26. The van der Waals surface area contributed by atoms with Crippen LogP contribution in [0.4, 0.5) is 0 Å². The highest BCUT2D eigenvalue weighted by Crippen LogP contribution is 2.13. The van der Waals surface area contributed by atoms with E-state index in [1.165, 1.54) is 0 Å². The minimum absolute atomic E-state index is 0.00625. The normalized spacial score (nSPS) is 21.0. The molecule has 0 unspecified atom stereocenters. The van der Waals surface area contributed by atoms with Crippen molar-refractivity contribution in [3.63, 3.8) is 0 Å². The summed E-state index contributed by atoms with van der Waals surface area (Å²) in [5, 5.41) is 2.85. The highest BCUT2D eigenvalue weighted by atomic mass is 16.1. The van der Waals surface area contributed by atoms with Gasteiger partial charge in [0.25, 0.3) is 0 Å². The molecule has 1 aliphatic heterocycles. The summed E-state index contributed by atoms with van der Waals surface area (Å²) >= 11 is 0. The van der Waals surface area contributed by atoms with Crippen molar-refractivity contribution in [3.8, 4) is 0 Å². The van der Waals surface area contributed by atoms with E-state index in [4.69, 9.17) is 5.73 Å². The Morgan fingerprint density at radius 1 is 1.54 bits per heavy atom. The molecule has 1 aliphatic rings. The number of hydrogen-bond acceptors (Lipinski definition) is 3. The molecule has 4 nitrogen and oxygen atoms in total. The number of carbonyl (C=O) groups excluding carboxylic acids is 1. The molecule has 0 aromatic heterocycles. The van der Waals surface area contributed by atoms with Crippen LogP contribution in [0.25, 0.3) is 0 Å². The number of nitrogens with zero attached hydrogens (tertiary/aromatic N) is 1. The van der Waals surface area contributed by atoms with Gasteiger partial charge in [0.2, 0.25) is 5.91 Å². The van der Waals surface area contributed by atoms with Crippen molar-refractivity contribution >= 4 is 5.91 Å². The zero-order chi connectivity index (χ0) is 9.90. The van der Waals surface area contributed by atoms with E-state index in [1.54, 1.807) is 0 Å². The molecular weight excluding hydrogens is 166 g/mol. The second kappa shape index (κ2) is 4.07. The molecule has 4 heteroatoms. The lowest BCUT2D eigenvalue weighted by atomic mass is 10.0. The number of amides is 1. The molecule has 1 amide bonds. The van der Waals surface area contributed by atoms with E-state index in [0.29, 0.717) is 13.0 Å². The van der Waals surface area contributed by atoms with Gasteiger partial charge in [-0.05, 0) is 13.8 Å². The number of nitrogens with two attached hydrogens (primary N) is 1. The van der Waals surface area contributed by atoms with E-state index < -0.39 is 0 Å². The Morgan fingerprint density at radius 3 is 2.85 bits per heavy atom. The third kappa shape index (κ3) is 2.67. The van der Waals surface area contributed by atoms with Crippen LogP contribution in [-0.4, -0.2) is 42.5 Å². The lowest BCUT2D eigenvalue weighted by Gasteiger charge is -2.36. The summed E-state index contributed by atoms with van der Waals surface area (Å²) in [6, 6.07) is 0. The van der Waals surface area contributed by atoms with Gasteiger partial charge in [0.1, 0.15) is 0 Å². The first-order chi connectivity index (χ1) is 6.06. The number of rotatable bonds is 2. The van der Waals surface area contributed by atoms with Crippen molar-refractivity contribution in [3.05, 3.63) is 0 Å². The highest BCUT2D eigenvalue weighted by molar-refractivity contribution is 5.76. The van der Waals surface area contributed by atoms with Gasteiger partial charge in [-0.2, -0.15) is 0 Å². The van der Waals surface area contributed by atoms with Crippen molar-refractivity contribution in [1.82, 2.24) is 10.2 Å². The smallest absolute Gasteiger partial charge is 0.221 e. The van der Waals surface area contributed by atoms with E-state index in [-0.39, 0.29) is 11.4 Å². The van der Waals surface area contributed by atoms with Crippen LogP contribution in [0.1, 0.15) is 20.3 Å². The first kappa shape index (κ1) is 10.5. The Kier molecular flexibility index (Phi) is 3.27. The van der Waals surface area contributed by atoms with E-state index in [2.05, 4.69) is 24.1 Å². The second-order valence-electron chi connectivity index (χ2n) is 4.10. The van der Waals surface area contributed by atoms with Crippen LogP contribution < -0.4 is 11.1 Å². The molecular formula is C9H19N3O. The molecule has 1 heterocycles. The summed E-state index contributed by atoms with van der Waals surface area (Å²) in [6.45, 7) is 7.31. The van der Waals surface area contributed by atoms with E-state index in [1.807, 2.05) is 0 Å². The first-order valence-electron chi connectivity index (χ1n) is 4.78. The summed E-state index contributed by atoms with van der Waals surface area (Å²) in [5.74, 6) is 0.148. The zero-order valence-electron chi connectivity index (χ0n) is 8.47. The molecule has 0 aromatic rings. The van der Waals surface area contributed by atoms with Crippen molar-refractivity contribution in [2.45, 2.75) is 25.8 Å². The summed E-state index contributed by atoms with van der Waals surface area (Å²) in [4.78, 5) is 13.3. The van der Waals surface area contributed by atoms with E-state index in [9.17, 15) is 4.79 Å². The molecule has 76 valence electrons. The maximum Gasteiger partial charge on any atom is 0.221 e. The number of nitrogens with one attached hydrogen (secondary N) is 1. The Bertz CT molecular complexity index is 191. The molecule has 0 spiro atoms. The summed E-state index contributed by atoms with van der Waals surface area (Å²) < 4.78 is 0. The van der Waals surface area contributed by atoms with E-state index >= 15 is 0 Å². The van der Waals surface area contributed by atoms with Crippen molar-refractivity contribution < 1.29 is 4.79 Å². The molecule has 3 N–H and O–H groups in total. The fourth-order valence-corrected chi connectivity index (χ4v) is 1.50. The Balaban J connectivity index is 2.55. The molecule has 13 heavy (non-hydrogen) atoms. The van der Waals surface area contributed by atoms with Crippen molar-refractivity contribution in [1.29, 1.82) is 0 Å². The van der Waals surface area contributed by atoms with Crippen LogP contribution in [0.3, 0.4) is 0 Å².